The van der Waals surface area contributed by atoms with Gasteiger partial charge >= 0.3 is 0 Å². The third-order valence-electron chi connectivity index (χ3n) is 5.05. The van der Waals surface area contributed by atoms with Crippen LogP contribution in [0.5, 0.6) is 0 Å². The van der Waals surface area contributed by atoms with E-state index in [2.05, 4.69) is 57.4 Å². The minimum atomic E-state index is 0.454. The fourth-order valence-electron chi connectivity index (χ4n) is 3.70. The SMILES string of the molecule is CCc1ccc(C(NC)C2CCCCC2(C)C)cc1. The molecule has 106 valence electrons. The lowest BCUT2D eigenvalue weighted by atomic mass is 9.65. The van der Waals surface area contributed by atoms with Crippen molar-refractivity contribution >= 4 is 0 Å². The van der Waals surface area contributed by atoms with Gasteiger partial charge in [-0.2, -0.15) is 0 Å². The molecule has 1 aliphatic carbocycles. The average molecular weight is 259 g/mol. The molecule has 1 aliphatic rings. The molecular weight excluding hydrogens is 230 g/mol. The van der Waals surface area contributed by atoms with E-state index in [0.717, 1.165) is 12.3 Å². The molecule has 1 saturated carbocycles. The van der Waals surface area contributed by atoms with Gasteiger partial charge in [-0.25, -0.2) is 0 Å². The summed E-state index contributed by atoms with van der Waals surface area (Å²) in [6.07, 6.45) is 6.63. The number of nitrogens with one attached hydrogen (secondary N) is 1. The maximum Gasteiger partial charge on any atom is 0.0351 e. The van der Waals surface area contributed by atoms with Crippen molar-refractivity contribution in [1.82, 2.24) is 5.32 Å². The molecule has 1 nitrogen and oxygen atoms in total. The van der Waals surface area contributed by atoms with Crippen LogP contribution >= 0.6 is 0 Å². The van der Waals surface area contributed by atoms with Crippen molar-refractivity contribution in [2.24, 2.45) is 11.3 Å². The molecule has 2 atom stereocenters. The molecule has 0 bridgehead atoms. The lowest BCUT2D eigenvalue weighted by molar-refractivity contribution is 0.101. The Morgan fingerprint density at radius 2 is 1.89 bits per heavy atom. The zero-order chi connectivity index (χ0) is 13.9. The highest BCUT2D eigenvalue weighted by Gasteiger charge is 2.37. The van der Waals surface area contributed by atoms with Crippen molar-refractivity contribution in [2.45, 2.75) is 58.9 Å². The summed E-state index contributed by atoms with van der Waals surface area (Å²) in [5, 5.41) is 3.58. The second-order valence-corrected chi connectivity index (χ2v) is 6.70. The highest BCUT2D eigenvalue weighted by atomic mass is 14.9. The van der Waals surface area contributed by atoms with Gasteiger partial charge in [0.1, 0.15) is 0 Å². The first-order valence-corrected chi connectivity index (χ1v) is 7.84. The predicted octanol–water partition coefficient (Wildman–Crippen LogP) is 4.73. The Labute approximate surface area is 118 Å². The van der Waals surface area contributed by atoms with E-state index in [0.29, 0.717) is 11.5 Å². The number of hydrogen-bond donors (Lipinski definition) is 1. The smallest absolute Gasteiger partial charge is 0.0351 e. The quantitative estimate of drug-likeness (QED) is 0.824. The van der Waals surface area contributed by atoms with E-state index in [1.807, 2.05) is 0 Å². The fraction of sp³-hybridized carbons (Fsp3) is 0.667. The summed E-state index contributed by atoms with van der Waals surface area (Å²) in [5.41, 5.74) is 3.34. The summed E-state index contributed by atoms with van der Waals surface area (Å²) in [6, 6.07) is 9.72. The van der Waals surface area contributed by atoms with Crippen molar-refractivity contribution < 1.29 is 0 Å². The summed E-state index contributed by atoms with van der Waals surface area (Å²) in [5.74, 6) is 0.749. The zero-order valence-corrected chi connectivity index (χ0v) is 13.0. The summed E-state index contributed by atoms with van der Waals surface area (Å²) in [7, 11) is 2.11. The zero-order valence-electron chi connectivity index (χ0n) is 13.0. The van der Waals surface area contributed by atoms with Crippen molar-refractivity contribution in [3.05, 3.63) is 35.4 Å². The summed E-state index contributed by atoms with van der Waals surface area (Å²) in [4.78, 5) is 0. The number of rotatable bonds is 4. The van der Waals surface area contributed by atoms with Gasteiger partial charge in [0.2, 0.25) is 0 Å². The molecule has 0 radical (unpaired) electrons. The van der Waals surface area contributed by atoms with Crippen LogP contribution in [0.25, 0.3) is 0 Å². The molecule has 0 aliphatic heterocycles. The van der Waals surface area contributed by atoms with Crippen molar-refractivity contribution in [1.29, 1.82) is 0 Å². The standard InChI is InChI=1S/C18H29N/c1-5-14-9-11-15(12-10-14)17(19-4)16-8-6-7-13-18(16,2)3/h9-12,16-17,19H,5-8,13H2,1-4H3. The van der Waals surface area contributed by atoms with Gasteiger partial charge in [0.15, 0.2) is 0 Å². The molecule has 0 aromatic heterocycles. The number of benzene rings is 1. The van der Waals surface area contributed by atoms with E-state index in [9.17, 15) is 0 Å². The molecule has 19 heavy (non-hydrogen) atoms. The largest absolute Gasteiger partial charge is 0.313 e. The van der Waals surface area contributed by atoms with E-state index < -0.39 is 0 Å². The Kier molecular flexibility index (Phi) is 4.67. The van der Waals surface area contributed by atoms with Crippen molar-refractivity contribution in [2.75, 3.05) is 7.05 Å². The lowest BCUT2D eigenvalue weighted by Crippen LogP contribution is -2.37. The van der Waals surface area contributed by atoms with E-state index in [-0.39, 0.29) is 0 Å². The topological polar surface area (TPSA) is 12.0 Å². The van der Waals surface area contributed by atoms with Crippen LogP contribution in [0.3, 0.4) is 0 Å². The van der Waals surface area contributed by atoms with Gasteiger partial charge < -0.3 is 5.32 Å². The monoisotopic (exact) mass is 259 g/mol. The van der Waals surface area contributed by atoms with Crippen molar-refractivity contribution in [3.63, 3.8) is 0 Å². The first kappa shape index (κ1) is 14.6. The van der Waals surface area contributed by atoms with Crippen LogP contribution in [0.1, 0.15) is 63.6 Å². The molecule has 2 unspecified atom stereocenters. The molecule has 0 heterocycles. The van der Waals surface area contributed by atoms with Crippen molar-refractivity contribution in [3.8, 4) is 0 Å². The first-order chi connectivity index (χ1) is 9.08. The van der Waals surface area contributed by atoms with Crippen LogP contribution in [0.2, 0.25) is 0 Å². The lowest BCUT2D eigenvalue weighted by Gasteiger charge is -2.43. The third kappa shape index (κ3) is 3.20. The Balaban J connectivity index is 2.22. The number of aryl methyl sites for hydroxylation is 1. The molecule has 1 fully saturated rings. The van der Waals surface area contributed by atoms with Gasteiger partial charge in [-0.1, -0.05) is 57.9 Å². The van der Waals surface area contributed by atoms with E-state index in [4.69, 9.17) is 0 Å². The maximum absolute atomic E-state index is 3.58. The average Bonchev–Trinajstić information content (AvgIpc) is 2.42. The van der Waals surface area contributed by atoms with Gasteiger partial charge in [-0.05, 0) is 48.8 Å². The Morgan fingerprint density at radius 1 is 1.21 bits per heavy atom. The molecule has 0 spiro atoms. The third-order valence-corrected chi connectivity index (χ3v) is 5.05. The van der Waals surface area contributed by atoms with E-state index in [1.54, 1.807) is 0 Å². The second-order valence-electron chi connectivity index (χ2n) is 6.70. The molecule has 0 saturated heterocycles. The van der Waals surface area contributed by atoms with Crippen LogP contribution in [0.4, 0.5) is 0 Å². The molecule has 0 amide bonds. The predicted molar refractivity (Wildman–Crippen MR) is 83.4 cm³/mol. The van der Waals surface area contributed by atoms with Crippen LogP contribution in [0.15, 0.2) is 24.3 Å². The normalized spacial score (nSPS) is 24.1. The molecule has 1 heteroatoms. The molecule has 1 N–H and O–H groups in total. The molecular formula is C18H29N. The van der Waals surface area contributed by atoms with E-state index >= 15 is 0 Å². The van der Waals surface area contributed by atoms with E-state index in [1.165, 1.54) is 36.8 Å². The van der Waals surface area contributed by atoms with Crippen LogP contribution in [-0.2, 0) is 6.42 Å². The fourth-order valence-corrected chi connectivity index (χ4v) is 3.70. The highest BCUT2D eigenvalue weighted by Crippen LogP contribution is 2.46. The molecule has 1 aromatic carbocycles. The summed E-state index contributed by atoms with van der Waals surface area (Å²) in [6.45, 7) is 7.11. The van der Waals surface area contributed by atoms with Crippen LogP contribution in [0, 0.1) is 11.3 Å². The van der Waals surface area contributed by atoms with Gasteiger partial charge in [-0.3, -0.25) is 0 Å². The summed E-state index contributed by atoms with van der Waals surface area (Å²) >= 11 is 0. The number of hydrogen-bond acceptors (Lipinski definition) is 1. The maximum atomic E-state index is 3.58. The molecule has 2 rings (SSSR count). The van der Waals surface area contributed by atoms with Gasteiger partial charge in [0.25, 0.3) is 0 Å². The van der Waals surface area contributed by atoms with Gasteiger partial charge in [0.05, 0.1) is 0 Å². The minimum absolute atomic E-state index is 0.454. The van der Waals surface area contributed by atoms with Crippen LogP contribution in [-0.4, -0.2) is 7.05 Å². The van der Waals surface area contributed by atoms with Crippen LogP contribution < -0.4 is 5.32 Å². The first-order valence-electron chi connectivity index (χ1n) is 7.84. The minimum Gasteiger partial charge on any atom is -0.313 e. The molecule has 1 aromatic rings. The Hall–Kier alpha value is -0.820. The van der Waals surface area contributed by atoms with Gasteiger partial charge in [-0.15, -0.1) is 0 Å². The second kappa shape index (κ2) is 6.09. The summed E-state index contributed by atoms with van der Waals surface area (Å²) < 4.78 is 0. The Bertz CT molecular complexity index is 391. The van der Waals surface area contributed by atoms with Gasteiger partial charge in [0, 0.05) is 6.04 Å². The highest BCUT2D eigenvalue weighted by molar-refractivity contribution is 5.26. The Morgan fingerprint density at radius 3 is 2.42 bits per heavy atom.